The fraction of sp³-hybridized carbons (Fsp3) is 0.600. The number of hydrogen-bond acceptors (Lipinski definition) is 3. The summed E-state index contributed by atoms with van der Waals surface area (Å²) in [4.78, 5) is 2.37. The number of rotatable bonds is 7. The molecule has 1 unspecified atom stereocenters. The zero-order valence-corrected chi connectivity index (χ0v) is 11.2. The van der Waals surface area contributed by atoms with Crippen LogP contribution in [0.3, 0.4) is 0 Å². The smallest absolute Gasteiger partial charge is 0.0936 e. The minimum absolute atomic E-state index is 0.475. The molecule has 0 aliphatic heterocycles. The van der Waals surface area contributed by atoms with Crippen LogP contribution in [0.4, 0.5) is 5.69 Å². The molecule has 0 saturated heterocycles. The molecule has 0 radical (unpaired) electrons. The normalized spacial score (nSPS) is 17.1. The first-order valence-electron chi connectivity index (χ1n) is 6.95. The highest BCUT2D eigenvalue weighted by atomic mass is 16.3. The lowest BCUT2D eigenvalue weighted by molar-refractivity contribution is 0.111. The highest BCUT2D eigenvalue weighted by Crippen LogP contribution is 2.30. The van der Waals surface area contributed by atoms with E-state index in [1.165, 1.54) is 12.8 Å². The zero-order valence-electron chi connectivity index (χ0n) is 11.2. The summed E-state index contributed by atoms with van der Waals surface area (Å²) in [6.07, 6.45) is 3.36. The van der Waals surface area contributed by atoms with E-state index in [-0.39, 0.29) is 0 Å². The second-order valence-corrected chi connectivity index (χ2v) is 5.35. The van der Waals surface area contributed by atoms with Crippen LogP contribution in [0, 0.1) is 5.92 Å². The number of nitrogens with two attached hydrogens (primary N) is 1. The number of para-hydroxylation sites is 1. The second kappa shape index (κ2) is 6.21. The van der Waals surface area contributed by atoms with Gasteiger partial charge in [0, 0.05) is 24.3 Å². The van der Waals surface area contributed by atoms with Crippen molar-refractivity contribution in [1.29, 1.82) is 0 Å². The van der Waals surface area contributed by atoms with Crippen LogP contribution in [0.25, 0.3) is 0 Å². The van der Waals surface area contributed by atoms with E-state index in [2.05, 4.69) is 11.8 Å². The lowest BCUT2D eigenvalue weighted by atomic mass is 10.1. The Morgan fingerprint density at radius 2 is 2.11 bits per heavy atom. The zero-order chi connectivity index (χ0) is 13.0. The van der Waals surface area contributed by atoms with Gasteiger partial charge < -0.3 is 15.7 Å². The van der Waals surface area contributed by atoms with E-state index in [1.54, 1.807) is 0 Å². The molecule has 1 fully saturated rings. The first-order valence-corrected chi connectivity index (χ1v) is 6.95. The van der Waals surface area contributed by atoms with Gasteiger partial charge in [-0.05, 0) is 37.8 Å². The maximum absolute atomic E-state index is 10.3. The molecule has 0 spiro atoms. The summed E-state index contributed by atoms with van der Waals surface area (Å²) in [6.45, 7) is 5.06. The van der Waals surface area contributed by atoms with Gasteiger partial charge in [-0.3, -0.25) is 0 Å². The van der Waals surface area contributed by atoms with Crippen molar-refractivity contribution in [1.82, 2.24) is 4.90 Å². The van der Waals surface area contributed by atoms with Gasteiger partial charge >= 0.3 is 0 Å². The van der Waals surface area contributed by atoms with Crippen LogP contribution >= 0.6 is 0 Å². The first kappa shape index (κ1) is 13.4. The molecular formula is C15H24N2O. The van der Waals surface area contributed by atoms with Gasteiger partial charge in [-0.15, -0.1) is 0 Å². The predicted molar refractivity (Wildman–Crippen MR) is 75.3 cm³/mol. The Balaban J connectivity index is 1.94. The van der Waals surface area contributed by atoms with Crippen molar-refractivity contribution in [2.45, 2.75) is 32.3 Å². The van der Waals surface area contributed by atoms with Crippen LogP contribution in [0.1, 0.15) is 37.9 Å². The van der Waals surface area contributed by atoms with Gasteiger partial charge in [-0.1, -0.05) is 25.1 Å². The topological polar surface area (TPSA) is 49.5 Å². The van der Waals surface area contributed by atoms with E-state index in [4.69, 9.17) is 5.73 Å². The van der Waals surface area contributed by atoms with E-state index in [0.29, 0.717) is 12.2 Å². The average molecular weight is 248 g/mol. The standard InChI is InChI=1S/C15H24N2O/c1-2-9-17(10-12-7-8-12)11-15(18)13-5-3-4-6-14(13)16/h3-6,12,15,18H,2,7-11,16H2,1H3. The molecule has 1 aromatic carbocycles. The molecule has 1 atom stereocenters. The van der Waals surface area contributed by atoms with Crippen molar-refractivity contribution in [2.24, 2.45) is 5.92 Å². The summed E-state index contributed by atoms with van der Waals surface area (Å²) in [5.41, 5.74) is 7.45. The van der Waals surface area contributed by atoms with Crippen LogP contribution in [0.5, 0.6) is 0 Å². The SMILES string of the molecule is CCCN(CC1CC1)CC(O)c1ccccc1N. The molecule has 0 heterocycles. The van der Waals surface area contributed by atoms with Crippen molar-refractivity contribution in [3.05, 3.63) is 29.8 Å². The van der Waals surface area contributed by atoms with Gasteiger partial charge in [0.25, 0.3) is 0 Å². The first-order chi connectivity index (χ1) is 8.70. The fourth-order valence-electron chi connectivity index (χ4n) is 2.40. The van der Waals surface area contributed by atoms with Crippen LogP contribution in [0.15, 0.2) is 24.3 Å². The molecule has 0 amide bonds. The molecule has 1 aliphatic carbocycles. The highest BCUT2D eigenvalue weighted by Gasteiger charge is 2.25. The summed E-state index contributed by atoms with van der Waals surface area (Å²) in [6, 6.07) is 7.60. The van der Waals surface area contributed by atoms with E-state index in [0.717, 1.165) is 31.0 Å². The van der Waals surface area contributed by atoms with E-state index >= 15 is 0 Å². The Bertz CT molecular complexity index is 377. The van der Waals surface area contributed by atoms with E-state index in [9.17, 15) is 5.11 Å². The predicted octanol–water partition coefficient (Wildman–Crippen LogP) is 2.42. The molecule has 0 aromatic heterocycles. The Kier molecular flexibility index (Phi) is 4.61. The van der Waals surface area contributed by atoms with Crippen molar-refractivity contribution in [3.63, 3.8) is 0 Å². The van der Waals surface area contributed by atoms with Gasteiger partial charge in [0.15, 0.2) is 0 Å². The largest absolute Gasteiger partial charge is 0.398 e. The number of aliphatic hydroxyl groups excluding tert-OH is 1. The van der Waals surface area contributed by atoms with E-state index < -0.39 is 6.10 Å². The molecule has 0 bridgehead atoms. The second-order valence-electron chi connectivity index (χ2n) is 5.35. The summed E-state index contributed by atoms with van der Waals surface area (Å²) in [5.74, 6) is 0.858. The average Bonchev–Trinajstić information content (AvgIpc) is 3.13. The van der Waals surface area contributed by atoms with Crippen molar-refractivity contribution < 1.29 is 5.11 Å². The third kappa shape index (κ3) is 3.72. The number of aliphatic hydroxyl groups is 1. The molecule has 3 nitrogen and oxygen atoms in total. The molecule has 1 saturated carbocycles. The summed E-state index contributed by atoms with van der Waals surface area (Å²) >= 11 is 0. The molecule has 1 aliphatic rings. The Morgan fingerprint density at radius 1 is 1.39 bits per heavy atom. The minimum atomic E-state index is -0.475. The van der Waals surface area contributed by atoms with Gasteiger partial charge in [-0.25, -0.2) is 0 Å². The lowest BCUT2D eigenvalue weighted by Crippen LogP contribution is -2.31. The summed E-state index contributed by atoms with van der Waals surface area (Å²) in [7, 11) is 0. The van der Waals surface area contributed by atoms with Gasteiger partial charge in [0.1, 0.15) is 0 Å². The Morgan fingerprint density at radius 3 is 2.72 bits per heavy atom. The quantitative estimate of drug-likeness (QED) is 0.729. The number of anilines is 1. The summed E-state index contributed by atoms with van der Waals surface area (Å²) < 4.78 is 0. The lowest BCUT2D eigenvalue weighted by Gasteiger charge is -2.25. The Labute approximate surface area is 110 Å². The van der Waals surface area contributed by atoms with Crippen LogP contribution < -0.4 is 5.73 Å². The van der Waals surface area contributed by atoms with Crippen LogP contribution in [-0.4, -0.2) is 29.6 Å². The van der Waals surface area contributed by atoms with Gasteiger partial charge in [-0.2, -0.15) is 0 Å². The fourth-order valence-corrected chi connectivity index (χ4v) is 2.40. The number of nitrogens with zero attached hydrogens (tertiary/aromatic N) is 1. The molecule has 1 aromatic rings. The highest BCUT2D eigenvalue weighted by molar-refractivity contribution is 5.47. The Hall–Kier alpha value is -1.06. The number of hydrogen-bond donors (Lipinski definition) is 2. The third-order valence-electron chi connectivity index (χ3n) is 3.54. The third-order valence-corrected chi connectivity index (χ3v) is 3.54. The van der Waals surface area contributed by atoms with Crippen molar-refractivity contribution >= 4 is 5.69 Å². The maximum Gasteiger partial charge on any atom is 0.0936 e. The molecule has 3 heteroatoms. The number of benzene rings is 1. The van der Waals surface area contributed by atoms with Gasteiger partial charge in [0.05, 0.1) is 6.10 Å². The molecule has 18 heavy (non-hydrogen) atoms. The van der Waals surface area contributed by atoms with Crippen molar-refractivity contribution in [2.75, 3.05) is 25.4 Å². The van der Waals surface area contributed by atoms with Crippen molar-refractivity contribution in [3.8, 4) is 0 Å². The van der Waals surface area contributed by atoms with E-state index in [1.807, 2.05) is 24.3 Å². The van der Waals surface area contributed by atoms with Gasteiger partial charge in [0.2, 0.25) is 0 Å². The number of nitrogen functional groups attached to an aromatic ring is 1. The minimum Gasteiger partial charge on any atom is -0.398 e. The van der Waals surface area contributed by atoms with Crippen LogP contribution in [-0.2, 0) is 0 Å². The molecule has 3 N–H and O–H groups in total. The molecule has 100 valence electrons. The molecular weight excluding hydrogens is 224 g/mol. The maximum atomic E-state index is 10.3. The van der Waals surface area contributed by atoms with Crippen LogP contribution in [0.2, 0.25) is 0 Å². The monoisotopic (exact) mass is 248 g/mol. The summed E-state index contributed by atoms with van der Waals surface area (Å²) in [5, 5.41) is 10.3. The molecule has 2 rings (SSSR count).